The van der Waals surface area contributed by atoms with E-state index in [4.69, 9.17) is 0 Å². The van der Waals surface area contributed by atoms with Crippen molar-refractivity contribution < 1.29 is 4.79 Å². The normalized spacial score (nSPS) is 16.8. The fourth-order valence-electron chi connectivity index (χ4n) is 4.14. The summed E-state index contributed by atoms with van der Waals surface area (Å²) in [5, 5.41) is 7.69. The van der Waals surface area contributed by atoms with Gasteiger partial charge in [0.1, 0.15) is 0 Å². The lowest BCUT2D eigenvalue weighted by Gasteiger charge is -2.16. The zero-order chi connectivity index (χ0) is 20.2. The van der Waals surface area contributed by atoms with Gasteiger partial charge in [0.25, 0.3) is 0 Å². The van der Waals surface area contributed by atoms with Gasteiger partial charge in [0, 0.05) is 19.5 Å². The summed E-state index contributed by atoms with van der Waals surface area (Å²) in [6, 6.07) is 20.7. The molecule has 29 heavy (non-hydrogen) atoms. The molecule has 1 aromatic heterocycles. The first-order valence-corrected chi connectivity index (χ1v) is 10.3. The number of nitrogens with one attached hydrogen (secondary N) is 1. The van der Waals surface area contributed by atoms with Crippen molar-refractivity contribution in [2.24, 2.45) is 0 Å². The van der Waals surface area contributed by atoms with Crippen molar-refractivity contribution >= 4 is 11.6 Å². The number of carbonyl (C=O) groups excluding carboxylic acids is 1. The fourth-order valence-corrected chi connectivity index (χ4v) is 4.14. The summed E-state index contributed by atoms with van der Waals surface area (Å²) in [4.78, 5) is 15.0. The van der Waals surface area contributed by atoms with Crippen molar-refractivity contribution in [1.82, 2.24) is 14.7 Å². The van der Waals surface area contributed by atoms with Crippen LogP contribution in [-0.4, -0.2) is 40.2 Å². The van der Waals surface area contributed by atoms with Gasteiger partial charge in [-0.15, -0.1) is 0 Å². The average Bonchev–Trinajstić information content (AvgIpc) is 3.34. The van der Waals surface area contributed by atoms with E-state index in [9.17, 15) is 4.79 Å². The second-order valence-corrected chi connectivity index (χ2v) is 7.79. The van der Waals surface area contributed by atoms with E-state index in [0.29, 0.717) is 12.3 Å². The smallest absolute Gasteiger partial charge is 0.225 e. The zero-order valence-electron chi connectivity index (χ0n) is 17.1. The lowest BCUT2D eigenvalue weighted by Crippen LogP contribution is -2.26. The fraction of sp³-hybridized carbons (Fsp3) is 0.333. The zero-order valence-corrected chi connectivity index (χ0v) is 17.1. The number of para-hydroxylation sites is 1. The number of rotatable bonds is 6. The van der Waals surface area contributed by atoms with E-state index >= 15 is 0 Å². The molecule has 5 heteroatoms. The van der Waals surface area contributed by atoms with Gasteiger partial charge in [0.2, 0.25) is 5.91 Å². The second-order valence-electron chi connectivity index (χ2n) is 7.79. The SMILES string of the molecule is Cc1nn(-c2ccccc2)c(C)c1NC(=O)CCN1CC[C@H](c2ccccc2)C1. The first-order valence-electron chi connectivity index (χ1n) is 10.3. The molecule has 0 aliphatic carbocycles. The quantitative estimate of drug-likeness (QED) is 0.685. The molecule has 2 heterocycles. The van der Waals surface area contributed by atoms with Crippen LogP contribution in [0.5, 0.6) is 0 Å². The molecule has 0 unspecified atom stereocenters. The van der Waals surface area contributed by atoms with Gasteiger partial charge in [-0.1, -0.05) is 48.5 Å². The third kappa shape index (κ3) is 4.40. The molecule has 1 N–H and O–H groups in total. The van der Waals surface area contributed by atoms with Gasteiger partial charge in [-0.2, -0.15) is 5.10 Å². The summed E-state index contributed by atoms with van der Waals surface area (Å²) in [6.45, 7) is 6.80. The molecular formula is C24H28N4O. The minimum absolute atomic E-state index is 0.0481. The third-order valence-corrected chi connectivity index (χ3v) is 5.75. The van der Waals surface area contributed by atoms with Gasteiger partial charge in [0.15, 0.2) is 0 Å². The van der Waals surface area contributed by atoms with Gasteiger partial charge in [-0.25, -0.2) is 4.68 Å². The van der Waals surface area contributed by atoms with E-state index in [1.54, 1.807) is 0 Å². The lowest BCUT2D eigenvalue weighted by molar-refractivity contribution is -0.116. The molecule has 1 aliphatic rings. The maximum atomic E-state index is 12.6. The number of likely N-dealkylation sites (tertiary alicyclic amines) is 1. The van der Waals surface area contributed by atoms with Crippen LogP contribution in [0.2, 0.25) is 0 Å². The molecule has 5 nitrogen and oxygen atoms in total. The van der Waals surface area contributed by atoms with Gasteiger partial charge < -0.3 is 10.2 Å². The van der Waals surface area contributed by atoms with Gasteiger partial charge in [-0.3, -0.25) is 4.79 Å². The minimum atomic E-state index is 0.0481. The van der Waals surface area contributed by atoms with Crippen molar-refractivity contribution in [3.8, 4) is 5.69 Å². The maximum absolute atomic E-state index is 12.6. The molecule has 1 atom stereocenters. The number of benzene rings is 2. The van der Waals surface area contributed by atoms with Crippen molar-refractivity contribution in [3.05, 3.63) is 77.6 Å². The van der Waals surface area contributed by atoms with E-state index in [1.807, 2.05) is 48.9 Å². The van der Waals surface area contributed by atoms with Crippen LogP contribution in [0.1, 0.15) is 35.7 Å². The van der Waals surface area contributed by atoms with E-state index in [1.165, 1.54) is 5.56 Å². The molecule has 2 aromatic carbocycles. The molecule has 1 amide bonds. The molecule has 3 aromatic rings. The number of anilines is 1. The Hall–Kier alpha value is -2.92. The summed E-state index contributed by atoms with van der Waals surface area (Å²) in [5.41, 5.74) is 5.01. The number of amides is 1. The number of nitrogens with zero attached hydrogens (tertiary/aromatic N) is 3. The van der Waals surface area contributed by atoms with Crippen LogP contribution >= 0.6 is 0 Å². The lowest BCUT2D eigenvalue weighted by atomic mass is 9.99. The Morgan fingerprint density at radius 2 is 1.76 bits per heavy atom. The van der Waals surface area contributed by atoms with Gasteiger partial charge in [-0.05, 0) is 50.4 Å². The Morgan fingerprint density at radius 1 is 1.07 bits per heavy atom. The second kappa shape index (κ2) is 8.62. The Bertz CT molecular complexity index is 965. The molecule has 1 fully saturated rings. The van der Waals surface area contributed by atoms with Crippen LogP contribution in [0, 0.1) is 13.8 Å². The third-order valence-electron chi connectivity index (χ3n) is 5.75. The number of aromatic nitrogens is 2. The summed E-state index contributed by atoms with van der Waals surface area (Å²) < 4.78 is 1.88. The minimum Gasteiger partial charge on any atom is -0.323 e. The number of hydrogen-bond acceptors (Lipinski definition) is 3. The van der Waals surface area contributed by atoms with Gasteiger partial charge >= 0.3 is 0 Å². The first-order chi connectivity index (χ1) is 14.1. The highest BCUT2D eigenvalue weighted by atomic mass is 16.1. The first kappa shape index (κ1) is 19.4. The Labute approximate surface area is 172 Å². The molecule has 0 bridgehead atoms. The highest BCUT2D eigenvalue weighted by Crippen LogP contribution is 2.27. The maximum Gasteiger partial charge on any atom is 0.225 e. The topological polar surface area (TPSA) is 50.2 Å². The van der Waals surface area contributed by atoms with E-state index < -0.39 is 0 Å². The molecule has 1 aliphatic heterocycles. The molecule has 4 rings (SSSR count). The van der Waals surface area contributed by atoms with E-state index in [-0.39, 0.29) is 5.91 Å². The van der Waals surface area contributed by atoms with Crippen molar-refractivity contribution in [2.75, 3.05) is 25.0 Å². The summed E-state index contributed by atoms with van der Waals surface area (Å²) in [5.74, 6) is 0.625. The molecule has 0 spiro atoms. The van der Waals surface area contributed by atoms with Crippen LogP contribution in [0.15, 0.2) is 60.7 Å². The van der Waals surface area contributed by atoms with Crippen LogP contribution in [-0.2, 0) is 4.79 Å². The average molecular weight is 389 g/mol. The van der Waals surface area contributed by atoms with Crippen molar-refractivity contribution in [1.29, 1.82) is 0 Å². The van der Waals surface area contributed by atoms with Crippen LogP contribution < -0.4 is 5.32 Å². The largest absolute Gasteiger partial charge is 0.323 e. The van der Waals surface area contributed by atoms with Crippen LogP contribution in [0.25, 0.3) is 5.69 Å². The predicted octanol–water partition coefficient (Wildman–Crippen LogP) is 4.31. The van der Waals surface area contributed by atoms with Crippen LogP contribution in [0.3, 0.4) is 0 Å². The standard InChI is InChI=1S/C24H28N4O/c1-18-24(19(2)28(26-18)22-11-7-4-8-12-22)25-23(29)14-16-27-15-13-21(17-27)20-9-5-3-6-10-20/h3-12,21H,13-17H2,1-2H3,(H,25,29)/t21-/m0/s1. The summed E-state index contributed by atoms with van der Waals surface area (Å²) >= 11 is 0. The number of hydrogen-bond donors (Lipinski definition) is 1. The van der Waals surface area contributed by atoms with Crippen molar-refractivity contribution in [3.63, 3.8) is 0 Å². The highest BCUT2D eigenvalue weighted by Gasteiger charge is 2.24. The van der Waals surface area contributed by atoms with E-state index in [2.05, 4.69) is 45.6 Å². The number of aryl methyl sites for hydroxylation is 1. The van der Waals surface area contributed by atoms with Crippen LogP contribution in [0.4, 0.5) is 5.69 Å². The molecular weight excluding hydrogens is 360 g/mol. The molecule has 0 saturated carbocycles. The summed E-state index contributed by atoms with van der Waals surface area (Å²) in [6.07, 6.45) is 1.66. The van der Waals surface area contributed by atoms with E-state index in [0.717, 1.165) is 48.8 Å². The molecule has 150 valence electrons. The number of carbonyl (C=O) groups is 1. The van der Waals surface area contributed by atoms with Crippen molar-refractivity contribution in [2.45, 2.75) is 32.6 Å². The molecule has 1 saturated heterocycles. The Morgan fingerprint density at radius 3 is 2.48 bits per heavy atom. The Balaban J connectivity index is 1.33. The van der Waals surface area contributed by atoms with Gasteiger partial charge in [0.05, 0.1) is 22.8 Å². The molecule has 0 radical (unpaired) electrons. The monoisotopic (exact) mass is 388 g/mol. The predicted molar refractivity (Wildman–Crippen MR) is 117 cm³/mol. The highest BCUT2D eigenvalue weighted by molar-refractivity contribution is 5.92. The Kier molecular flexibility index (Phi) is 5.76. The summed E-state index contributed by atoms with van der Waals surface area (Å²) in [7, 11) is 0.